The summed E-state index contributed by atoms with van der Waals surface area (Å²) in [6, 6.07) is 3.68. The number of aryl methyl sites for hydroxylation is 3. The fourth-order valence-electron chi connectivity index (χ4n) is 3.43. The van der Waals surface area contributed by atoms with Crippen LogP contribution in [-0.4, -0.2) is 34.5 Å². The number of rotatable bonds is 1. The first-order chi connectivity index (χ1) is 10.3. The highest BCUT2D eigenvalue weighted by Gasteiger charge is 2.31. The molecule has 118 valence electrons. The zero-order valence-electron chi connectivity index (χ0n) is 13.5. The fourth-order valence-corrected chi connectivity index (χ4v) is 3.43. The van der Waals surface area contributed by atoms with Gasteiger partial charge in [0, 0.05) is 37.1 Å². The Bertz CT molecular complexity index is 755. The highest BCUT2D eigenvalue weighted by molar-refractivity contribution is 5.99. The Balaban J connectivity index is 2.07. The van der Waals surface area contributed by atoms with Gasteiger partial charge in [0.1, 0.15) is 11.5 Å². The molecule has 1 aromatic carbocycles. The van der Waals surface area contributed by atoms with Gasteiger partial charge in [-0.05, 0) is 37.5 Å². The number of hydrogen-bond donors (Lipinski definition) is 1. The van der Waals surface area contributed by atoms with Crippen LogP contribution in [0.5, 0.6) is 0 Å². The highest BCUT2D eigenvalue weighted by Crippen LogP contribution is 2.28. The standard InChI is InChI=1S/C17H22FN3O/c1-9-5-12-6-14(20(4)16(12)11(3)15(9)18)17(22)21-7-10(2)13(19)8-21/h5-6,10,13H,7-8,19H2,1-4H3/t10-,13+/m1/s1. The average molecular weight is 303 g/mol. The van der Waals surface area contributed by atoms with Crippen LogP contribution >= 0.6 is 0 Å². The molecule has 1 aliphatic rings. The second kappa shape index (κ2) is 5.09. The maximum Gasteiger partial charge on any atom is 0.270 e. The Hall–Kier alpha value is -1.88. The number of carbonyl (C=O) groups excluding carboxylic acids is 1. The van der Waals surface area contributed by atoms with E-state index >= 15 is 0 Å². The van der Waals surface area contributed by atoms with Crippen molar-refractivity contribution in [3.05, 3.63) is 34.8 Å². The first-order valence-electron chi connectivity index (χ1n) is 7.61. The van der Waals surface area contributed by atoms with E-state index in [9.17, 15) is 9.18 Å². The van der Waals surface area contributed by atoms with E-state index in [1.807, 2.05) is 13.1 Å². The van der Waals surface area contributed by atoms with Crippen molar-refractivity contribution in [1.29, 1.82) is 0 Å². The molecule has 0 radical (unpaired) electrons. The van der Waals surface area contributed by atoms with Crippen LogP contribution < -0.4 is 5.73 Å². The largest absolute Gasteiger partial charge is 0.339 e. The normalized spacial score (nSPS) is 21.8. The summed E-state index contributed by atoms with van der Waals surface area (Å²) < 4.78 is 15.9. The number of fused-ring (bicyclic) bond motifs is 1. The molecule has 2 aromatic rings. The van der Waals surface area contributed by atoms with E-state index in [1.54, 1.807) is 29.4 Å². The van der Waals surface area contributed by atoms with Gasteiger partial charge in [0.2, 0.25) is 0 Å². The molecule has 3 rings (SSSR count). The van der Waals surface area contributed by atoms with Crippen molar-refractivity contribution in [3.8, 4) is 0 Å². The van der Waals surface area contributed by atoms with Crippen LogP contribution in [0.15, 0.2) is 12.1 Å². The number of carbonyl (C=O) groups is 1. The fraction of sp³-hybridized carbons (Fsp3) is 0.471. The molecule has 2 N–H and O–H groups in total. The lowest BCUT2D eigenvalue weighted by Gasteiger charge is -2.16. The van der Waals surface area contributed by atoms with E-state index in [-0.39, 0.29) is 17.8 Å². The quantitative estimate of drug-likeness (QED) is 0.879. The van der Waals surface area contributed by atoms with E-state index in [4.69, 9.17) is 5.73 Å². The third-order valence-corrected chi connectivity index (χ3v) is 4.84. The average Bonchev–Trinajstić information content (AvgIpc) is 2.97. The van der Waals surface area contributed by atoms with E-state index in [0.717, 1.165) is 10.9 Å². The van der Waals surface area contributed by atoms with Crippen molar-refractivity contribution >= 4 is 16.8 Å². The second-order valence-electron chi connectivity index (χ2n) is 6.51. The van der Waals surface area contributed by atoms with Gasteiger partial charge in [-0.3, -0.25) is 4.79 Å². The van der Waals surface area contributed by atoms with Crippen molar-refractivity contribution in [1.82, 2.24) is 9.47 Å². The smallest absolute Gasteiger partial charge is 0.270 e. The SMILES string of the molecule is Cc1cc2cc(C(=O)N3C[C@@H](C)[C@@H](N)C3)n(C)c2c(C)c1F. The summed E-state index contributed by atoms with van der Waals surface area (Å²) >= 11 is 0. The molecular formula is C17H22FN3O. The van der Waals surface area contributed by atoms with Crippen LogP contribution in [0.2, 0.25) is 0 Å². The van der Waals surface area contributed by atoms with Crippen molar-refractivity contribution in [2.75, 3.05) is 13.1 Å². The zero-order chi connectivity index (χ0) is 16.2. The summed E-state index contributed by atoms with van der Waals surface area (Å²) in [5.41, 5.74) is 8.57. The molecule has 2 atom stereocenters. The minimum Gasteiger partial charge on any atom is -0.339 e. The monoisotopic (exact) mass is 303 g/mol. The number of halogens is 1. The van der Waals surface area contributed by atoms with Crippen LogP contribution in [0, 0.1) is 25.6 Å². The summed E-state index contributed by atoms with van der Waals surface area (Å²) in [5.74, 6) is 0.0699. The van der Waals surface area contributed by atoms with E-state index in [1.165, 1.54) is 0 Å². The minimum atomic E-state index is -0.204. The molecule has 22 heavy (non-hydrogen) atoms. The lowest BCUT2D eigenvalue weighted by atomic mass is 10.1. The highest BCUT2D eigenvalue weighted by atomic mass is 19.1. The van der Waals surface area contributed by atoms with E-state index < -0.39 is 0 Å². The lowest BCUT2D eigenvalue weighted by Crippen LogP contribution is -2.33. The summed E-state index contributed by atoms with van der Waals surface area (Å²) in [4.78, 5) is 14.6. The molecule has 0 bridgehead atoms. The Kier molecular flexibility index (Phi) is 3.48. The van der Waals surface area contributed by atoms with Gasteiger partial charge in [-0.1, -0.05) is 6.92 Å². The van der Waals surface area contributed by atoms with Crippen LogP contribution in [0.25, 0.3) is 10.9 Å². The number of hydrogen-bond acceptors (Lipinski definition) is 2. The zero-order valence-corrected chi connectivity index (χ0v) is 13.5. The van der Waals surface area contributed by atoms with Crippen LogP contribution in [0.1, 0.15) is 28.5 Å². The summed E-state index contributed by atoms with van der Waals surface area (Å²) in [7, 11) is 1.82. The Morgan fingerprint density at radius 3 is 2.59 bits per heavy atom. The molecule has 1 saturated heterocycles. The predicted octanol–water partition coefficient (Wildman–Crippen LogP) is 2.35. The molecule has 1 amide bonds. The van der Waals surface area contributed by atoms with Gasteiger partial charge in [0.05, 0.1) is 5.52 Å². The number of aromatic nitrogens is 1. The first-order valence-corrected chi connectivity index (χ1v) is 7.61. The molecule has 5 heteroatoms. The molecule has 1 aromatic heterocycles. The van der Waals surface area contributed by atoms with E-state index in [0.29, 0.717) is 35.8 Å². The third-order valence-electron chi connectivity index (χ3n) is 4.84. The number of likely N-dealkylation sites (tertiary alicyclic amines) is 1. The van der Waals surface area contributed by atoms with Crippen molar-refractivity contribution in [3.63, 3.8) is 0 Å². The third kappa shape index (κ3) is 2.11. The molecular weight excluding hydrogens is 281 g/mol. The van der Waals surface area contributed by atoms with Crippen molar-refractivity contribution in [2.45, 2.75) is 26.8 Å². The molecule has 0 unspecified atom stereocenters. The number of benzene rings is 1. The molecule has 2 heterocycles. The second-order valence-corrected chi connectivity index (χ2v) is 6.51. The van der Waals surface area contributed by atoms with Crippen LogP contribution in [0.4, 0.5) is 4.39 Å². The number of nitrogens with zero attached hydrogens (tertiary/aromatic N) is 2. The van der Waals surface area contributed by atoms with Gasteiger partial charge in [-0.25, -0.2) is 4.39 Å². The van der Waals surface area contributed by atoms with Crippen molar-refractivity contribution in [2.24, 2.45) is 18.7 Å². The maximum atomic E-state index is 14.1. The summed E-state index contributed by atoms with van der Waals surface area (Å²) in [5, 5.41) is 0.902. The first kappa shape index (κ1) is 15.0. The van der Waals surface area contributed by atoms with Gasteiger partial charge in [-0.2, -0.15) is 0 Å². The van der Waals surface area contributed by atoms with Gasteiger partial charge >= 0.3 is 0 Å². The molecule has 0 spiro atoms. The molecule has 4 nitrogen and oxygen atoms in total. The molecule has 1 fully saturated rings. The molecule has 1 aliphatic heterocycles. The minimum absolute atomic E-state index is 0.0278. The lowest BCUT2D eigenvalue weighted by molar-refractivity contribution is 0.0778. The molecule has 0 aliphatic carbocycles. The Labute approximate surface area is 129 Å². The van der Waals surface area contributed by atoms with Crippen molar-refractivity contribution < 1.29 is 9.18 Å². The summed E-state index contributed by atoms with van der Waals surface area (Å²) in [6.07, 6.45) is 0. The molecule has 0 saturated carbocycles. The van der Waals surface area contributed by atoms with Gasteiger partial charge in [0.25, 0.3) is 5.91 Å². The van der Waals surface area contributed by atoms with Gasteiger partial charge in [-0.15, -0.1) is 0 Å². The predicted molar refractivity (Wildman–Crippen MR) is 85.4 cm³/mol. The maximum absolute atomic E-state index is 14.1. The van der Waals surface area contributed by atoms with Gasteiger partial charge in [0.15, 0.2) is 0 Å². The number of nitrogens with two attached hydrogens (primary N) is 1. The van der Waals surface area contributed by atoms with Gasteiger partial charge < -0.3 is 15.2 Å². The Morgan fingerprint density at radius 1 is 1.32 bits per heavy atom. The summed E-state index contributed by atoms with van der Waals surface area (Å²) in [6.45, 7) is 6.81. The Morgan fingerprint density at radius 2 is 2.00 bits per heavy atom. The number of amides is 1. The topological polar surface area (TPSA) is 51.3 Å². The van der Waals surface area contributed by atoms with E-state index in [2.05, 4.69) is 6.92 Å². The van der Waals surface area contributed by atoms with Crippen LogP contribution in [0.3, 0.4) is 0 Å². The van der Waals surface area contributed by atoms with Crippen LogP contribution in [-0.2, 0) is 7.05 Å².